The molecule has 3 aromatic heterocycles. The summed E-state index contributed by atoms with van der Waals surface area (Å²) in [5, 5.41) is 7.40. The van der Waals surface area contributed by atoms with Crippen molar-refractivity contribution in [1.29, 1.82) is 0 Å². The van der Waals surface area contributed by atoms with Crippen molar-refractivity contribution in [3.8, 4) is 34.1 Å². The number of fused-ring (bicyclic) bond motifs is 3. The lowest BCUT2D eigenvalue weighted by Crippen LogP contribution is -2.00. The number of unbranched alkanes of at least 4 members (excludes halogenated alkanes) is 2. The van der Waals surface area contributed by atoms with Crippen LogP contribution in [0.3, 0.4) is 0 Å². The van der Waals surface area contributed by atoms with E-state index in [9.17, 15) is 0 Å². The maximum Gasteiger partial charge on any atom is 0.137 e. The van der Waals surface area contributed by atoms with E-state index in [1.807, 2.05) is 29.1 Å². The van der Waals surface area contributed by atoms with Gasteiger partial charge in [-0.15, -0.1) is 0 Å². The molecule has 0 aliphatic carbocycles. The number of nitrogens with zero attached hydrogens (tertiary/aromatic N) is 4. The number of hydrogen-bond acceptors (Lipinski definition) is 3. The Morgan fingerprint density at radius 3 is 2.32 bits per heavy atom. The zero-order valence-electron chi connectivity index (χ0n) is 30.1. The summed E-state index contributed by atoms with van der Waals surface area (Å²) in [6, 6.07) is 36.5. The van der Waals surface area contributed by atoms with Crippen molar-refractivity contribution in [3.05, 3.63) is 132 Å². The molecule has 0 unspecified atom stereocenters. The first-order valence-corrected chi connectivity index (χ1v) is 18.3. The van der Waals surface area contributed by atoms with E-state index in [1.54, 1.807) is 0 Å². The minimum absolute atomic E-state index is 0.751. The monoisotopic (exact) mass is 660 g/mol. The van der Waals surface area contributed by atoms with Crippen LogP contribution in [0.15, 0.2) is 109 Å². The predicted octanol–water partition coefficient (Wildman–Crippen LogP) is 12.2. The smallest absolute Gasteiger partial charge is 0.137 e. The Morgan fingerprint density at radius 2 is 1.50 bits per heavy atom. The van der Waals surface area contributed by atoms with Crippen LogP contribution in [0.2, 0.25) is 0 Å². The highest BCUT2D eigenvalue weighted by Gasteiger charge is 2.17. The quantitative estimate of drug-likeness (QED) is 0.116. The second-order valence-corrected chi connectivity index (χ2v) is 14.1. The van der Waals surface area contributed by atoms with Crippen LogP contribution < -0.4 is 4.74 Å². The molecule has 0 saturated carbocycles. The molecule has 0 radical (unpaired) electrons. The fourth-order valence-electron chi connectivity index (χ4n) is 7.25. The van der Waals surface area contributed by atoms with Crippen LogP contribution in [-0.4, -0.2) is 19.3 Å². The van der Waals surface area contributed by atoms with E-state index >= 15 is 0 Å². The fourth-order valence-corrected chi connectivity index (χ4v) is 7.25. The van der Waals surface area contributed by atoms with E-state index in [0.29, 0.717) is 0 Å². The van der Waals surface area contributed by atoms with Gasteiger partial charge in [0.25, 0.3) is 0 Å². The molecule has 5 heteroatoms. The highest BCUT2D eigenvalue weighted by Crippen LogP contribution is 2.37. The lowest BCUT2D eigenvalue weighted by Gasteiger charge is -2.11. The van der Waals surface area contributed by atoms with Gasteiger partial charge in [-0.1, -0.05) is 82.5 Å². The molecule has 0 bridgehead atoms. The van der Waals surface area contributed by atoms with Crippen molar-refractivity contribution in [3.63, 3.8) is 0 Å². The molecular formula is C45H48N4O. The number of benzene rings is 4. The lowest BCUT2D eigenvalue weighted by molar-refractivity contribution is 0.482. The van der Waals surface area contributed by atoms with Crippen LogP contribution in [-0.2, 0) is 12.8 Å². The lowest BCUT2D eigenvalue weighted by atomic mass is 10.0. The van der Waals surface area contributed by atoms with E-state index in [1.165, 1.54) is 70.6 Å². The third kappa shape index (κ3) is 6.96. The van der Waals surface area contributed by atoms with Crippen LogP contribution in [0.5, 0.6) is 11.5 Å². The largest absolute Gasteiger partial charge is 0.457 e. The molecule has 0 saturated heterocycles. The van der Waals surface area contributed by atoms with Gasteiger partial charge in [-0.05, 0) is 111 Å². The third-order valence-corrected chi connectivity index (χ3v) is 9.81. The highest BCUT2D eigenvalue weighted by molar-refractivity contribution is 6.09. The van der Waals surface area contributed by atoms with Crippen LogP contribution in [0.4, 0.5) is 0 Å². The van der Waals surface area contributed by atoms with Gasteiger partial charge in [0.05, 0.1) is 22.4 Å². The maximum absolute atomic E-state index is 6.61. The molecular weight excluding hydrogens is 613 g/mol. The van der Waals surface area contributed by atoms with E-state index in [0.717, 1.165) is 58.7 Å². The summed E-state index contributed by atoms with van der Waals surface area (Å²) in [4.78, 5) is 4.90. The molecule has 0 fully saturated rings. The second kappa shape index (κ2) is 14.8. The van der Waals surface area contributed by atoms with Crippen molar-refractivity contribution in [2.75, 3.05) is 0 Å². The standard InChI is InChI=1S/C45H48N4O/c1-6-7-15-35-25-26-46-44(28-35)48-42-24-21-34(16-12-11-14-31(2)3)27-41(42)40-23-22-39(30-43(40)48)50-38-20-13-19-37(29-38)49-33(5)45(32(4)47-49)36-17-9-8-10-18-36/h8-10,13,17-31H,6-7,11-12,14-16H2,1-5H3. The molecule has 4 aromatic carbocycles. The summed E-state index contributed by atoms with van der Waals surface area (Å²) in [5.41, 5.74) is 10.4. The number of aromatic nitrogens is 4. The molecule has 50 heavy (non-hydrogen) atoms. The van der Waals surface area contributed by atoms with Gasteiger partial charge in [-0.2, -0.15) is 5.10 Å². The van der Waals surface area contributed by atoms with Gasteiger partial charge in [-0.25, -0.2) is 9.67 Å². The molecule has 0 N–H and O–H groups in total. The number of rotatable bonds is 13. The van der Waals surface area contributed by atoms with Gasteiger partial charge in [0.1, 0.15) is 17.3 Å². The number of aryl methyl sites for hydroxylation is 3. The van der Waals surface area contributed by atoms with E-state index in [-0.39, 0.29) is 0 Å². The molecule has 254 valence electrons. The Hall–Kier alpha value is -5.16. The Bertz CT molecular complexity index is 2240. The van der Waals surface area contributed by atoms with E-state index < -0.39 is 0 Å². The zero-order chi connectivity index (χ0) is 34.6. The predicted molar refractivity (Wildman–Crippen MR) is 208 cm³/mol. The summed E-state index contributed by atoms with van der Waals surface area (Å²) in [5.74, 6) is 3.25. The molecule has 3 heterocycles. The Labute approximate surface area is 296 Å². The molecule has 0 atom stereocenters. The summed E-state index contributed by atoms with van der Waals surface area (Å²) >= 11 is 0. The number of hydrogen-bond donors (Lipinski definition) is 0. The summed E-state index contributed by atoms with van der Waals surface area (Å²) in [7, 11) is 0. The Kier molecular flexibility index (Phi) is 9.84. The van der Waals surface area contributed by atoms with Crippen molar-refractivity contribution < 1.29 is 4.74 Å². The van der Waals surface area contributed by atoms with E-state index in [4.69, 9.17) is 14.8 Å². The molecule has 0 aliphatic heterocycles. The average Bonchev–Trinajstić information content (AvgIpc) is 3.61. The third-order valence-electron chi connectivity index (χ3n) is 9.81. The van der Waals surface area contributed by atoms with Crippen LogP contribution >= 0.6 is 0 Å². The number of pyridine rings is 1. The van der Waals surface area contributed by atoms with Gasteiger partial charge < -0.3 is 4.74 Å². The first-order valence-electron chi connectivity index (χ1n) is 18.3. The zero-order valence-corrected chi connectivity index (χ0v) is 30.1. The minimum Gasteiger partial charge on any atom is -0.457 e. The topological polar surface area (TPSA) is 44.9 Å². The maximum atomic E-state index is 6.61. The van der Waals surface area contributed by atoms with Crippen molar-refractivity contribution in [1.82, 2.24) is 19.3 Å². The van der Waals surface area contributed by atoms with Gasteiger partial charge in [0.2, 0.25) is 0 Å². The summed E-state index contributed by atoms with van der Waals surface area (Å²) < 4.78 is 10.9. The molecule has 7 aromatic rings. The molecule has 5 nitrogen and oxygen atoms in total. The summed E-state index contributed by atoms with van der Waals surface area (Å²) in [6.45, 7) is 11.1. The average molecular weight is 661 g/mol. The highest BCUT2D eigenvalue weighted by atomic mass is 16.5. The molecule has 0 amide bonds. The van der Waals surface area contributed by atoms with Crippen molar-refractivity contribution in [2.24, 2.45) is 5.92 Å². The SMILES string of the molecule is CCCCc1ccnc(-n2c3ccc(CCCCC(C)C)cc3c3ccc(Oc4cccc(-n5nc(C)c(-c6ccccc6)c5C)c4)cc32)c1. The fraction of sp³-hybridized carbons (Fsp3) is 0.289. The van der Waals surface area contributed by atoms with Crippen molar-refractivity contribution in [2.45, 2.75) is 79.6 Å². The number of ether oxygens (including phenoxy) is 1. The first kappa shape index (κ1) is 33.3. The minimum atomic E-state index is 0.751. The van der Waals surface area contributed by atoms with Gasteiger partial charge in [0, 0.05) is 40.4 Å². The van der Waals surface area contributed by atoms with Gasteiger partial charge >= 0.3 is 0 Å². The first-order chi connectivity index (χ1) is 24.4. The van der Waals surface area contributed by atoms with Crippen molar-refractivity contribution >= 4 is 21.8 Å². The molecule has 0 aliphatic rings. The second-order valence-electron chi connectivity index (χ2n) is 14.1. The molecule has 7 rings (SSSR count). The van der Waals surface area contributed by atoms with Crippen LogP contribution in [0.25, 0.3) is 44.4 Å². The van der Waals surface area contributed by atoms with Gasteiger partial charge in [0.15, 0.2) is 0 Å². The van der Waals surface area contributed by atoms with E-state index in [2.05, 4.69) is 124 Å². The Morgan fingerprint density at radius 1 is 0.700 bits per heavy atom. The summed E-state index contributed by atoms with van der Waals surface area (Å²) in [6.07, 6.45) is 10.2. The van der Waals surface area contributed by atoms with Crippen LogP contribution in [0.1, 0.15) is 75.4 Å². The Balaban J connectivity index is 1.25. The molecule has 0 spiro atoms. The van der Waals surface area contributed by atoms with Crippen LogP contribution in [0, 0.1) is 19.8 Å². The normalized spacial score (nSPS) is 11.6. The van der Waals surface area contributed by atoms with Gasteiger partial charge in [-0.3, -0.25) is 4.57 Å².